The Hall–Kier alpha value is -0.275. The predicted octanol–water partition coefficient (Wildman–Crippen LogP) is 1.84. The summed E-state index contributed by atoms with van der Waals surface area (Å²) in [6.45, 7) is 9.03. The summed E-state index contributed by atoms with van der Waals surface area (Å²) in [5.74, 6) is 0. The van der Waals surface area contributed by atoms with E-state index in [0.717, 1.165) is 7.41 Å². The van der Waals surface area contributed by atoms with Crippen molar-refractivity contribution in [2.45, 2.75) is 39.8 Å². The summed E-state index contributed by atoms with van der Waals surface area (Å²) >= 11 is 1.78. The molecule has 1 aromatic heterocycles. The lowest BCUT2D eigenvalue weighted by molar-refractivity contribution is 0.315. The molecule has 0 aromatic carbocycles. The maximum atomic E-state index is 2.50. The van der Waals surface area contributed by atoms with Crippen LogP contribution in [0.1, 0.15) is 27.7 Å². The molecule has 72 valence electrons. The Morgan fingerprint density at radius 3 is 2.23 bits per heavy atom. The van der Waals surface area contributed by atoms with Crippen LogP contribution in [0.25, 0.3) is 0 Å². The molecule has 0 bridgehead atoms. The van der Waals surface area contributed by atoms with E-state index in [1.54, 1.807) is 11.3 Å². The molecule has 0 saturated heterocycles. The summed E-state index contributed by atoms with van der Waals surface area (Å²) in [6, 6.07) is 3.46. The van der Waals surface area contributed by atoms with Crippen LogP contribution in [0.15, 0.2) is 16.8 Å². The molecule has 0 N–H and O–H groups in total. The number of hydrogen-bond acceptors (Lipinski definition) is 2. The Morgan fingerprint density at radius 2 is 1.85 bits per heavy atom. The van der Waals surface area contributed by atoms with Crippen molar-refractivity contribution in [3.63, 3.8) is 0 Å². The third-order valence-electron chi connectivity index (χ3n) is 2.27. The molecule has 0 spiro atoms. The van der Waals surface area contributed by atoms with Gasteiger partial charge in [-0.1, -0.05) is 39.2 Å². The molecule has 0 aliphatic rings. The van der Waals surface area contributed by atoms with Crippen molar-refractivity contribution in [2.24, 2.45) is 0 Å². The molecule has 1 nitrogen and oxygen atoms in total. The Bertz CT molecular complexity index is 223. The normalized spacial score (nSPS) is 11.6. The van der Waals surface area contributed by atoms with Crippen molar-refractivity contribution in [1.29, 1.82) is 0 Å². The average Bonchev–Trinajstić information content (AvgIpc) is 2.50. The molecule has 1 heterocycles. The molecule has 0 fully saturated rings. The second kappa shape index (κ2) is 4.82. The summed E-state index contributed by atoms with van der Waals surface area (Å²) in [5, 5.41) is 4.38. The van der Waals surface area contributed by atoms with Gasteiger partial charge in [-0.25, -0.2) is 0 Å². The van der Waals surface area contributed by atoms with Gasteiger partial charge in [0.05, 0.1) is 0 Å². The largest absolute Gasteiger partial charge is 0.337 e. The smallest absolute Gasteiger partial charge is 0.240 e. The molecule has 0 unspecified atom stereocenters. The summed E-state index contributed by atoms with van der Waals surface area (Å²) in [4.78, 5) is 2.50. The van der Waals surface area contributed by atoms with Crippen LogP contribution in [0.2, 0.25) is 0 Å². The van der Waals surface area contributed by atoms with Crippen LogP contribution in [0.5, 0.6) is 0 Å². The van der Waals surface area contributed by atoms with Gasteiger partial charge in [0.15, 0.2) is 0 Å². The standard InChI is InChI=1S/C10H18BNS/c1-8(2)12(9(3)4)11-10-5-6-13-7-10/h5-9,11H,1-4H3. The highest BCUT2D eigenvalue weighted by molar-refractivity contribution is 7.09. The van der Waals surface area contributed by atoms with Gasteiger partial charge in [-0.15, -0.1) is 0 Å². The molecule has 1 rings (SSSR count). The van der Waals surface area contributed by atoms with E-state index in [0.29, 0.717) is 12.1 Å². The second-order valence-electron chi connectivity index (χ2n) is 3.99. The van der Waals surface area contributed by atoms with Crippen LogP contribution in [0.3, 0.4) is 0 Å². The number of thiophene rings is 1. The minimum Gasteiger partial charge on any atom is -0.337 e. The van der Waals surface area contributed by atoms with Crippen molar-refractivity contribution in [3.05, 3.63) is 16.8 Å². The maximum Gasteiger partial charge on any atom is 0.240 e. The highest BCUT2D eigenvalue weighted by Gasteiger charge is 2.14. The summed E-state index contributed by atoms with van der Waals surface area (Å²) in [6.07, 6.45) is 0. The fraction of sp³-hybridized carbons (Fsp3) is 0.600. The van der Waals surface area contributed by atoms with E-state index in [9.17, 15) is 0 Å². The molecule has 1 aromatic rings. The zero-order valence-electron chi connectivity index (χ0n) is 8.95. The molecule has 0 amide bonds. The highest BCUT2D eigenvalue weighted by Crippen LogP contribution is 2.03. The van der Waals surface area contributed by atoms with E-state index in [2.05, 4.69) is 49.3 Å². The van der Waals surface area contributed by atoms with Crippen LogP contribution in [-0.2, 0) is 0 Å². The second-order valence-corrected chi connectivity index (χ2v) is 4.77. The van der Waals surface area contributed by atoms with Gasteiger partial charge >= 0.3 is 0 Å². The van der Waals surface area contributed by atoms with Crippen molar-refractivity contribution in [3.8, 4) is 0 Å². The minimum absolute atomic E-state index is 0.625. The lowest BCUT2D eigenvalue weighted by Gasteiger charge is -2.29. The van der Waals surface area contributed by atoms with E-state index in [1.165, 1.54) is 5.46 Å². The topological polar surface area (TPSA) is 3.24 Å². The summed E-state index contributed by atoms with van der Waals surface area (Å²) < 4.78 is 0. The van der Waals surface area contributed by atoms with Gasteiger partial charge in [0.2, 0.25) is 7.41 Å². The lowest BCUT2D eigenvalue weighted by Crippen LogP contribution is -2.44. The first kappa shape index (κ1) is 10.8. The van der Waals surface area contributed by atoms with Crippen molar-refractivity contribution in [1.82, 2.24) is 4.81 Å². The van der Waals surface area contributed by atoms with Crippen LogP contribution >= 0.6 is 11.3 Å². The van der Waals surface area contributed by atoms with Gasteiger partial charge in [-0.05, 0) is 22.8 Å². The Morgan fingerprint density at radius 1 is 1.23 bits per heavy atom. The highest BCUT2D eigenvalue weighted by atomic mass is 32.1. The first-order valence-corrected chi connectivity index (χ1v) is 5.82. The minimum atomic E-state index is 0.625. The molecule has 3 heteroatoms. The Balaban J connectivity index is 2.58. The SMILES string of the molecule is CC(C)N(Bc1ccsc1)C(C)C. The maximum absolute atomic E-state index is 2.50. The first-order valence-electron chi connectivity index (χ1n) is 4.88. The summed E-state index contributed by atoms with van der Waals surface area (Å²) in [7, 11) is 1.08. The van der Waals surface area contributed by atoms with Gasteiger partial charge in [0.1, 0.15) is 0 Å². The predicted molar refractivity (Wildman–Crippen MR) is 63.2 cm³/mol. The van der Waals surface area contributed by atoms with E-state index >= 15 is 0 Å². The molecular formula is C10H18BNS. The van der Waals surface area contributed by atoms with E-state index in [-0.39, 0.29) is 0 Å². The van der Waals surface area contributed by atoms with Gasteiger partial charge in [0.25, 0.3) is 0 Å². The van der Waals surface area contributed by atoms with Crippen molar-refractivity contribution in [2.75, 3.05) is 0 Å². The molecular weight excluding hydrogens is 177 g/mol. The molecule has 0 aliphatic carbocycles. The van der Waals surface area contributed by atoms with E-state index in [1.807, 2.05) is 0 Å². The number of rotatable bonds is 4. The number of hydrogen-bond donors (Lipinski definition) is 0. The van der Waals surface area contributed by atoms with Crippen LogP contribution in [0, 0.1) is 0 Å². The lowest BCUT2D eigenvalue weighted by atomic mass is 9.80. The van der Waals surface area contributed by atoms with Gasteiger partial charge in [-0.2, -0.15) is 11.3 Å². The summed E-state index contributed by atoms with van der Waals surface area (Å²) in [5.41, 5.74) is 1.44. The Labute approximate surface area is 86.0 Å². The third-order valence-corrected chi connectivity index (χ3v) is 3.00. The Kier molecular flexibility index (Phi) is 4.01. The van der Waals surface area contributed by atoms with Crippen LogP contribution in [0.4, 0.5) is 0 Å². The third kappa shape index (κ3) is 3.16. The molecule has 0 aliphatic heterocycles. The fourth-order valence-corrected chi connectivity index (χ4v) is 2.21. The van der Waals surface area contributed by atoms with E-state index < -0.39 is 0 Å². The first-order chi connectivity index (χ1) is 6.11. The van der Waals surface area contributed by atoms with Crippen LogP contribution < -0.4 is 5.46 Å². The van der Waals surface area contributed by atoms with Crippen molar-refractivity contribution >= 4 is 24.2 Å². The quantitative estimate of drug-likeness (QED) is 0.662. The average molecular weight is 195 g/mol. The zero-order valence-corrected chi connectivity index (χ0v) is 9.77. The molecule has 0 radical (unpaired) electrons. The number of nitrogens with zero attached hydrogens (tertiary/aromatic N) is 1. The molecule has 0 saturated carbocycles. The van der Waals surface area contributed by atoms with E-state index in [4.69, 9.17) is 0 Å². The molecule has 0 atom stereocenters. The van der Waals surface area contributed by atoms with Crippen LogP contribution in [-0.4, -0.2) is 24.3 Å². The van der Waals surface area contributed by atoms with Gasteiger partial charge in [-0.3, -0.25) is 0 Å². The molecule has 13 heavy (non-hydrogen) atoms. The zero-order chi connectivity index (χ0) is 9.84. The monoisotopic (exact) mass is 195 g/mol. The fourth-order valence-electron chi connectivity index (χ4n) is 1.55. The van der Waals surface area contributed by atoms with Gasteiger partial charge in [0, 0.05) is 0 Å². The van der Waals surface area contributed by atoms with Crippen molar-refractivity contribution < 1.29 is 0 Å². The van der Waals surface area contributed by atoms with Gasteiger partial charge < -0.3 is 4.81 Å².